The summed E-state index contributed by atoms with van der Waals surface area (Å²) in [7, 11) is -0.703. The molecular formula is C13H22N2O4S. The SMILES string of the molecule is COc1cc(N)ccc1S(=O)(=O)N(C)CCOC(C)C. The number of anilines is 1. The zero-order valence-electron chi connectivity index (χ0n) is 12.3. The van der Waals surface area contributed by atoms with Crippen LogP contribution < -0.4 is 10.5 Å². The Kier molecular flexibility index (Phi) is 5.79. The molecule has 6 nitrogen and oxygen atoms in total. The predicted octanol–water partition coefficient (Wildman–Crippen LogP) is 1.32. The van der Waals surface area contributed by atoms with Gasteiger partial charge in [-0.3, -0.25) is 0 Å². The molecule has 0 unspecified atom stereocenters. The number of nitrogens with two attached hydrogens (primary N) is 1. The first-order valence-corrected chi connectivity index (χ1v) is 7.74. The maximum Gasteiger partial charge on any atom is 0.246 e. The zero-order valence-corrected chi connectivity index (χ0v) is 13.1. The Morgan fingerprint density at radius 3 is 2.55 bits per heavy atom. The second-order valence-corrected chi connectivity index (χ2v) is 6.67. The van der Waals surface area contributed by atoms with Gasteiger partial charge < -0.3 is 15.2 Å². The summed E-state index contributed by atoms with van der Waals surface area (Å²) in [5.74, 6) is 0.238. The number of sulfonamides is 1. The molecule has 0 saturated carbocycles. The van der Waals surface area contributed by atoms with Crippen LogP contribution in [0.25, 0.3) is 0 Å². The minimum atomic E-state index is -3.62. The van der Waals surface area contributed by atoms with Gasteiger partial charge in [0.25, 0.3) is 0 Å². The fraction of sp³-hybridized carbons (Fsp3) is 0.538. The third-order valence-electron chi connectivity index (χ3n) is 2.73. The number of benzene rings is 1. The Morgan fingerprint density at radius 2 is 2.00 bits per heavy atom. The number of rotatable bonds is 7. The van der Waals surface area contributed by atoms with Crippen LogP contribution in [0.4, 0.5) is 5.69 Å². The van der Waals surface area contributed by atoms with Crippen LogP contribution in [0.1, 0.15) is 13.8 Å². The Balaban J connectivity index is 2.92. The quantitative estimate of drug-likeness (QED) is 0.768. The van der Waals surface area contributed by atoms with E-state index in [1.807, 2.05) is 13.8 Å². The molecule has 1 rings (SSSR count). The molecule has 0 bridgehead atoms. The van der Waals surface area contributed by atoms with E-state index in [1.54, 1.807) is 0 Å². The summed E-state index contributed by atoms with van der Waals surface area (Å²) in [6.45, 7) is 4.41. The number of nitrogens with zero attached hydrogens (tertiary/aromatic N) is 1. The molecule has 2 N–H and O–H groups in total. The zero-order chi connectivity index (χ0) is 15.3. The lowest BCUT2D eigenvalue weighted by Crippen LogP contribution is -2.31. The first-order valence-electron chi connectivity index (χ1n) is 6.30. The highest BCUT2D eigenvalue weighted by Crippen LogP contribution is 2.28. The molecule has 0 atom stereocenters. The van der Waals surface area contributed by atoms with Gasteiger partial charge in [0.05, 0.1) is 19.8 Å². The Labute approximate surface area is 120 Å². The summed E-state index contributed by atoms with van der Waals surface area (Å²) >= 11 is 0. The van der Waals surface area contributed by atoms with Crippen molar-refractivity contribution in [2.75, 3.05) is 33.0 Å². The molecule has 1 aromatic rings. The third kappa shape index (κ3) is 4.09. The average molecular weight is 302 g/mol. The van der Waals surface area contributed by atoms with E-state index in [0.717, 1.165) is 0 Å². The molecule has 1 aromatic carbocycles. The molecule has 0 aliphatic rings. The summed E-state index contributed by atoms with van der Waals surface area (Å²) in [6, 6.07) is 4.47. The van der Waals surface area contributed by atoms with Crippen molar-refractivity contribution in [3.05, 3.63) is 18.2 Å². The van der Waals surface area contributed by atoms with E-state index in [9.17, 15) is 8.42 Å². The van der Waals surface area contributed by atoms with Crippen LogP contribution in [0.15, 0.2) is 23.1 Å². The van der Waals surface area contributed by atoms with Crippen LogP contribution in [0, 0.1) is 0 Å². The fourth-order valence-electron chi connectivity index (χ4n) is 1.60. The van der Waals surface area contributed by atoms with Gasteiger partial charge in [0, 0.05) is 25.3 Å². The monoisotopic (exact) mass is 302 g/mol. The Hall–Kier alpha value is -1.31. The Bertz CT molecular complexity index is 543. The van der Waals surface area contributed by atoms with Gasteiger partial charge in [-0.15, -0.1) is 0 Å². The van der Waals surface area contributed by atoms with Crippen LogP contribution >= 0.6 is 0 Å². The van der Waals surface area contributed by atoms with Gasteiger partial charge in [0.1, 0.15) is 10.6 Å². The number of hydrogen-bond acceptors (Lipinski definition) is 5. The third-order valence-corrected chi connectivity index (χ3v) is 4.63. The lowest BCUT2D eigenvalue weighted by Gasteiger charge is -2.19. The highest BCUT2D eigenvalue weighted by molar-refractivity contribution is 7.89. The number of nitrogen functional groups attached to an aromatic ring is 1. The molecule has 0 aliphatic carbocycles. The van der Waals surface area contributed by atoms with E-state index < -0.39 is 10.0 Å². The lowest BCUT2D eigenvalue weighted by atomic mass is 10.3. The van der Waals surface area contributed by atoms with Crippen molar-refractivity contribution in [3.63, 3.8) is 0 Å². The van der Waals surface area contributed by atoms with Crippen LogP contribution in [0.2, 0.25) is 0 Å². The normalized spacial score (nSPS) is 12.1. The number of methoxy groups -OCH3 is 1. The molecule has 0 saturated heterocycles. The number of ether oxygens (including phenoxy) is 2. The number of likely N-dealkylation sites (N-methyl/N-ethyl adjacent to an activating group) is 1. The summed E-state index contributed by atoms with van der Waals surface area (Å²) < 4.78 is 36.6. The molecular weight excluding hydrogens is 280 g/mol. The van der Waals surface area contributed by atoms with Crippen molar-refractivity contribution in [3.8, 4) is 5.75 Å². The smallest absolute Gasteiger partial charge is 0.246 e. The predicted molar refractivity (Wildman–Crippen MR) is 78.3 cm³/mol. The molecule has 0 amide bonds. The van der Waals surface area contributed by atoms with Crippen molar-refractivity contribution < 1.29 is 17.9 Å². The highest BCUT2D eigenvalue weighted by atomic mass is 32.2. The van der Waals surface area contributed by atoms with E-state index in [1.165, 1.54) is 36.7 Å². The van der Waals surface area contributed by atoms with Gasteiger partial charge in [-0.05, 0) is 26.0 Å². The number of hydrogen-bond donors (Lipinski definition) is 1. The van der Waals surface area contributed by atoms with Gasteiger partial charge in [0.2, 0.25) is 10.0 Å². The topological polar surface area (TPSA) is 81.9 Å². The molecule has 0 aromatic heterocycles. The standard InChI is InChI=1S/C13H22N2O4S/c1-10(2)19-8-7-15(3)20(16,17)13-6-5-11(14)9-12(13)18-4/h5-6,9-10H,7-8,14H2,1-4H3. The van der Waals surface area contributed by atoms with Crippen molar-refractivity contribution in [1.29, 1.82) is 0 Å². The van der Waals surface area contributed by atoms with Crippen molar-refractivity contribution in [2.24, 2.45) is 0 Å². The Morgan fingerprint density at radius 1 is 1.35 bits per heavy atom. The lowest BCUT2D eigenvalue weighted by molar-refractivity contribution is 0.0737. The summed E-state index contributed by atoms with van der Waals surface area (Å²) in [4.78, 5) is 0.0984. The van der Waals surface area contributed by atoms with Crippen LogP contribution in [0.5, 0.6) is 5.75 Å². The minimum Gasteiger partial charge on any atom is -0.495 e. The second kappa shape index (κ2) is 6.92. The largest absolute Gasteiger partial charge is 0.495 e. The fourth-order valence-corrected chi connectivity index (χ4v) is 2.89. The molecule has 0 fully saturated rings. The highest BCUT2D eigenvalue weighted by Gasteiger charge is 2.24. The molecule has 20 heavy (non-hydrogen) atoms. The van der Waals surface area contributed by atoms with E-state index >= 15 is 0 Å². The van der Waals surface area contributed by atoms with Gasteiger partial charge in [-0.25, -0.2) is 8.42 Å². The van der Waals surface area contributed by atoms with Crippen molar-refractivity contribution in [1.82, 2.24) is 4.31 Å². The molecule has 7 heteroatoms. The van der Waals surface area contributed by atoms with Crippen LogP contribution in [-0.4, -0.2) is 46.1 Å². The van der Waals surface area contributed by atoms with E-state index in [0.29, 0.717) is 12.3 Å². The maximum atomic E-state index is 12.4. The molecule has 0 spiro atoms. The van der Waals surface area contributed by atoms with Crippen molar-refractivity contribution >= 4 is 15.7 Å². The van der Waals surface area contributed by atoms with E-state index in [2.05, 4.69) is 0 Å². The minimum absolute atomic E-state index is 0.0668. The second-order valence-electron chi connectivity index (χ2n) is 4.66. The molecule has 0 aliphatic heterocycles. The van der Waals surface area contributed by atoms with Gasteiger partial charge >= 0.3 is 0 Å². The molecule has 0 heterocycles. The average Bonchev–Trinajstić information content (AvgIpc) is 2.37. The summed E-state index contributed by atoms with van der Waals surface area (Å²) in [5.41, 5.74) is 6.08. The summed E-state index contributed by atoms with van der Waals surface area (Å²) in [6.07, 6.45) is 0.0668. The van der Waals surface area contributed by atoms with E-state index in [4.69, 9.17) is 15.2 Å². The maximum absolute atomic E-state index is 12.4. The van der Waals surface area contributed by atoms with Crippen LogP contribution in [0.3, 0.4) is 0 Å². The molecule has 0 radical (unpaired) electrons. The van der Waals surface area contributed by atoms with Gasteiger partial charge in [-0.2, -0.15) is 4.31 Å². The van der Waals surface area contributed by atoms with Gasteiger partial charge in [-0.1, -0.05) is 0 Å². The first-order chi connectivity index (χ1) is 9.28. The van der Waals surface area contributed by atoms with Crippen molar-refractivity contribution in [2.45, 2.75) is 24.8 Å². The first kappa shape index (κ1) is 16.7. The molecule has 114 valence electrons. The van der Waals surface area contributed by atoms with Gasteiger partial charge in [0.15, 0.2) is 0 Å². The van der Waals surface area contributed by atoms with Crippen LogP contribution in [-0.2, 0) is 14.8 Å². The summed E-state index contributed by atoms with van der Waals surface area (Å²) in [5, 5.41) is 0. The van der Waals surface area contributed by atoms with E-state index in [-0.39, 0.29) is 23.3 Å².